The summed E-state index contributed by atoms with van der Waals surface area (Å²) in [5.74, 6) is 0.706. The van der Waals surface area contributed by atoms with Crippen LogP contribution in [0.2, 0.25) is 0 Å². The second kappa shape index (κ2) is 5.71. The Bertz CT molecular complexity index is 518. The van der Waals surface area contributed by atoms with Gasteiger partial charge in [0, 0.05) is 29.7 Å². The average Bonchev–Trinajstić information content (AvgIpc) is 2.42. The second-order valence-electron chi connectivity index (χ2n) is 4.69. The Hall–Kier alpha value is -1.77. The van der Waals surface area contributed by atoms with E-state index >= 15 is 0 Å². The molecule has 0 spiro atoms. The van der Waals surface area contributed by atoms with Gasteiger partial charge in [-0.1, -0.05) is 32.8 Å². The summed E-state index contributed by atoms with van der Waals surface area (Å²) in [6, 6.07) is 6.07. The second-order valence-corrected chi connectivity index (χ2v) is 4.69. The topological polar surface area (TPSA) is 50.9 Å². The fourth-order valence-corrected chi connectivity index (χ4v) is 2.18. The number of rotatable bonds is 5. The predicted octanol–water partition coefficient (Wildman–Crippen LogP) is 3.67. The van der Waals surface area contributed by atoms with Crippen LogP contribution in [0.5, 0.6) is 0 Å². The number of nitrogens with zero attached hydrogens (tertiary/aromatic N) is 1. The fraction of sp³-hybridized carbons (Fsp3) is 0.400. The lowest BCUT2D eigenvalue weighted by Crippen LogP contribution is -2.13. The van der Waals surface area contributed by atoms with E-state index in [1.165, 1.54) is 12.8 Å². The Balaban J connectivity index is 2.21. The molecule has 1 aromatic heterocycles. The molecule has 1 heterocycles. The Kier molecular flexibility index (Phi) is 4.03. The number of anilines is 2. The van der Waals surface area contributed by atoms with Crippen molar-refractivity contribution in [3.63, 3.8) is 0 Å². The minimum atomic E-state index is 0.706. The van der Waals surface area contributed by atoms with Crippen LogP contribution >= 0.6 is 0 Å². The molecular weight excluding hydrogens is 222 g/mol. The van der Waals surface area contributed by atoms with E-state index in [4.69, 9.17) is 5.73 Å². The lowest BCUT2D eigenvalue weighted by atomic mass is 10.0. The molecule has 96 valence electrons. The molecular formula is C15H21N3. The zero-order chi connectivity index (χ0) is 13.0. The van der Waals surface area contributed by atoms with Crippen LogP contribution in [0, 0.1) is 5.92 Å². The minimum Gasteiger partial charge on any atom is -0.397 e. The molecule has 0 aliphatic carbocycles. The highest BCUT2D eigenvalue weighted by Crippen LogP contribution is 2.28. The van der Waals surface area contributed by atoms with Crippen LogP contribution in [0.15, 0.2) is 30.6 Å². The van der Waals surface area contributed by atoms with Crippen molar-refractivity contribution in [1.82, 2.24) is 4.98 Å². The molecule has 0 saturated carbocycles. The molecule has 0 bridgehead atoms. The average molecular weight is 243 g/mol. The van der Waals surface area contributed by atoms with Crippen molar-refractivity contribution in [3.05, 3.63) is 30.6 Å². The summed E-state index contributed by atoms with van der Waals surface area (Å²) >= 11 is 0. The minimum absolute atomic E-state index is 0.706. The summed E-state index contributed by atoms with van der Waals surface area (Å²) in [4.78, 5) is 4.11. The summed E-state index contributed by atoms with van der Waals surface area (Å²) < 4.78 is 0. The Labute approximate surface area is 108 Å². The first-order valence-corrected chi connectivity index (χ1v) is 6.62. The van der Waals surface area contributed by atoms with Crippen molar-refractivity contribution in [1.29, 1.82) is 0 Å². The monoisotopic (exact) mass is 243 g/mol. The summed E-state index contributed by atoms with van der Waals surface area (Å²) in [6.07, 6.45) is 6.02. The van der Waals surface area contributed by atoms with E-state index in [0.29, 0.717) is 5.92 Å². The van der Waals surface area contributed by atoms with Crippen LogP contribution in [-0.4, -0.2) is 11.5 Å². The lowest BCUT2D eigenvalue weighted by molar-refractivity contribution is 0.519. The zero-order valence-electron chi connectivity index (χ0n) is 11.1. The molecule has 0 amide bonds. The largest absolute Gasteiger partial charge is 0.397 e. The highest BCUT2D eigenvalue weighted by atomic mass is 14.9. The van der Waals surface area contributed by atoms with Crippen molar-refractivity contribution in [2.75, 3.05) is 17.6 Å². The van der Waals surface area contributed by atoms with E-state index in [1.807, 2.05) is 18.3 Å². The standard InChI is InChI=1S/C15H21N3/c1-3-11(4-2)9-18-14-6-5-12-10-17-8-7-13(12)15(14)16/h5-8,10-11,18H,3-4,9,16H2,1-2H3. The third-order valence-corrected chi connectivity index (χ3v) is 3.60. The van der Waals surface area contributed by atoms with E-state index in [9.17, 15) is 0 Å². The maximum atomic E-state index is 6.20. The van der Waals surface area contributed by atoms with E-state index in [0.717, 1.165) is 28.7 Å². The number of nitrogens with one attached hydrogen (secondary N) is 1. The van der Waals surface area contributed by atoms with Gasteiger partial charge in [-0.15, -0.1) is 0 Å². The van der Waals surface area contributed by atoms with Crippen LogP contribution in [0.4, 0.5) is 11.4 Å². The molecule has 0 radical (unpaired) electrons. The maximum absolute atomic E-state index is 6.20. The quantitative estimate of drug-likeness (QED) is 0.788. The number of pyridine rings is 1. The Morgan fingerprint density at radius 2 is 2.00 bits per heavy atom. The van der Waals surface area contributed by atoms with E-state index in [1.54, 1.807) is 6.20 Å². The Morgan fingerprint density at radius 3 is 2.72 bits per heavy atom. The summed E-state index contributed by atoms with van der Waals surface area (Å²) in [5.41, 5.74) is 8.05. The molecule has 0 aliphatic rings. The van der Waals surface area contributed by atoms with Crippen molar-refractivity contribution in [3.8, 4) is 0 Å². The molecule has 0 fully saturated rings. The van der Waals surface area contributed by atoms with E-state index < -0.39 is 0 Å². The van der Waals surface area contributed by atoms with Gasteiger partial charge in [-0.05, 0) is 18.1 Å². The molecule has 0 unspecified atom stereocenters. The fourth-order valence-electron chi connectivity index (χ4n) is 2.18. The molecule has 0 saturated heterocycles. The molecule has 3 heteroatoms. The number of aromatic nitrogens is 1. The molecule has 18 heavy (non-hydrogen) atoms. The molecule has 1 aromatic carbocycles. The SMILES string of the molecule is CCC(CC)CNc1ccc2cnccc2c1N. The molecule has 3 N–H and O–H groups in total. The van der Waals surface area contributed by atoms with Gasteiger partial charge in [0.2, 0.25) is 0 Å². The number of hydrogen-bond acceptors (Lipinski definition) is 3. The van der Waals surface area contributed by atoms with E-state index in [-0.39, 0.29) is 0 Å². The van der Waals surface area contributed by atoms with Crippen LogP contribution in [0.25, 0.3) is 10.8 Å². The zero-order valence-corrected chi connectivity index (χ0v) is 11.1. The summed E-state index contributed by atoms with van der Waals surface area (Å²) in [6.45, 7) is 5.43. The Morgan fingerprint density at radius 1 is 1.22 bits per heavy atom. The van der Waals surface area contributed by atoms with Crippen molar-refractivity contribution in [2.24, 2.45) is 5.92 Å². The normalized spacial score (nSPS) is 11.1. The van der Waals surface area contributed by atoms with Crippen LogP contribution in [0.3, 0.4) is 0 Å². The number of fused-ring (bicyclic) bond motifs is 1. The molecule has 0 aliphatic heterocycles. The van der Waals surface area contributed by atoms with Crippen molar-refractivity contribution < 1.29 is 0 Å². The van der Waals surface area contributed by atoms with Gasteiger partial charge in [0.1, 0.15) is 0 Å². The third kappa shape index (κ3) is 2.55. The van der Waals surface area contributed by atoms with Crippen LogP contribution in [-0.2, 0) is 0 Å². The van der Waals surface area contributed by atoms with E-state index in [2.05, 4.69) is 30.2 Å². The number of nitrogen functional groups attached to an aromatic ring is 1. The predicted molar refractivity (Wildman–Crippen MR) is 78.7 cm³/mol. The number of nitrogens with two attached hydrogens (primary N) is 1. The van der Waals surface area contributed by atoms with Crippen molar-refractivity contribution >= 4 is 22.1 Å². The molecule has 2 rings (SSSR count). The van der Waals surface area contributed by atoms with Crippen LogP contribution < -0.4 is 11.1 Å². The molecule has 2 aromatic rings. The third-order valence-electron chi connectivity index (χ3n) is 3.60. The van der Waals surface area contributed by atoms with Gasteiger partial charge >= 0.3 is 0 Å². The van der Waals surface area contributed by atoms with Gasteiger partial charge in [-0.25, -0.2) is 0 Å². The first-order valence-electron chi connectivity index (χ1n) is 6.62. The first-order chi connectivity index (χ1) is 8.76. The first kappa shape index (κ1) is 12.7. The van der Waals surface area contributed by atoms with Gasteiger partial charge in [0.15, 0.2) is 0 Å². The maximum Gasteiger partial charge on any atom is 0.0630 e. The smallest absolute Gasteiger partial charge is 0.0630 e. The molecule has 0 atom stereocenters. The van der Waals surface area contributed by atoms with Gasteiger partial charge in [0.25, 0.3) is 0 Å². The van der Waals surface area contributed by atoms with Crippen molar-refractivity contribution in [2.45, 2.75) is 26.7 Å². The number of hydrogen-bond donors (Lipinski definition) is 2. The summed E-state index contributed by atoms with van der Waals surface area (Å²) in [5, 5.41) is 5.62. The highest BCUT2D eigenvalue weighted by Gasteiger charge is 2.07. The van der Waals surface area contributed by atoms with Gasteiger partial charge < -0.3 is 11.1 Å². The molecule has 3 nitrogen and oxygen atoms in total. The number of benzene rings is 1. The van der Waals surface area contributed by atoms with Gasteiger partial charge in [-0.3, -0.25) is 4.98 Å². The summed E-state index contributed by atoms with van der Waals surface area (Å²) in [7, 11) is 0. The van der Waals surface area contributed by atoms with Gasteiger partial charge in [-0.2, -0.15) is 0 Å². The van der Waals surface area contributed by atoms with Gasteiger partial charge in [0.05, 0.1) is 11.4 Å². The van der Waals surface area contributed by atoms with Crippen LogP contribution in [0.1, 0.15) is 26.7 Å². The highest BCUT2D eigenvalue weighted by molar-refractivity contribution is 5.98. The lowest BCUT2D eigenvalue weighted by Gasteiger charge is -2.16.